The smallest absolute Gasteiger partial charge is 0.00521 e. The van der Waals surface area contributed by atoms with Gasteiger partial charge in [-0.15, -0.1) is 11.8 Å². The molecule has 0 N–H and O–H groups in total. The van der Waals surface area contributed by atoms with E-state index in [1.54, 1.807) is 5.57 Å². The summed E-state index contributed by atoms with van der Waals surface area (Å²) in [7, 11) is 0. The van der Waals surface area contributed by atoms with Gasteiger partial charge in [0.05, 0.1) is 0 Å². The van der Waals surface area contributed by atoms with Crippen LogP contribution in [0.2, 0.25) is 0 Å². The van der Waals surface area contributed by atoms with Crippen LogP contribution < -0.4 is 0 Å². The van der Waals surface area contributed by atoms with E-state index in [1.165, 1.54) is 37.7 Å². The summed E-state index contributed by atoms with van der Waals surface area (Å²) in [5, 5.41) is 2.29. The van der Waals surface area contributed by atoms with Crippen molar-refractivity contribution in [1.29, 1.82) is 0 Å². The highest BCUT2D eigenvalue weighted by Crippen LogP contribution is 2.39. The Labute approximate surface area is 104 Å². The molecule has 1 fully saturated rings. The third-order valence-corrected chi connectivity index (χ3v) is 4.45. The lowest BCUT2D eigenvalue weighted by Crippen LogP contribution is -2.17. The molecule has 1 heteroatoms. The monoisotopic (exact) mass is 234 g/mol. The summed E-state index contributed by atoms with van der Waals surface area (Å²) < 4.78 is 0. The number of rotatable bonds is 3. The van der Waals surface area contributed by atoms with Crippen LogP contribution >= 0.6 is 11.8 Å². The second-order valence-corrected chi connectivity index (χ2v) is 5.67. The zero-order chi connectivity index (χ0) is 11.4. The van der Waals surface area contributed by atoms with Crippen LogP contribution in [0, 0.1) is 11.8 Å². The molecule has 88 valence electrons. The molecule has 0 nitrogen and oxygen atoms in total. The van der Waals surface area contributed by atoms with Crippen LogP contribution in [0.5, 0.6) is 0 Å². The normalized spacial score (nSPS) is 27.2. The molecular formula is C15H22S. The van der Waals surface area contributed by atoms with Crippen LogP contribution in [0.15, 0.2) is 34.8 Å². The Morgan fingerprint density at radius 3 is 2.75 bits per heavy atom. The van der Waals surface area contributed by atoms with Crippen LogP contribution in [-0.2, 0) is 0 Å². The first-order valence-corrected chi connectivity index (χ1v) is 7.70. The standard InChI is InChI=1S/C15H22S/c1-12(11-16-2)14-9-6-10-15(14)13-7-4-3-5-8-13/h6,9-11,13,15H,3-5,7-8H2,1-2H3/b12-11+. The fourth-order valence-electron chi connectivity index (χ4n) is 3.04. The van der Waals surface area contributed by atoms with Crippen molar-refractivity contribution in [1.82, 2.24) is 0 Å². The van der Waals surface area contributed by atoms with Crippen molar-refractivity contribution in [3.05, 3.63) is 34.8 Å². The van der Waals surface area contributed by atoms with Crippen molar-refractivity contribution in [2.45, 2.75) is 39.0 Å². The lowest BCUT2D eigenvalue weighted by atomic mass is 9.76. The molecule has 1 unspecified atom stereocenters. The Morgan fingerprint density at radius 2 is 2.06 bits per heavy atom. The maximum Gasteiger partial charge on any atom is 0.00521 e. The molecule has 0 saturated heterocycles. The SMILES string of the molecule is CS/C=C(\C)C1=CC=CC1C1CCCCC1. The zero-order valence-electron chi connectivity index (χ0n) is 10.4. The van der Waals surface area contributed by atoms with Crippen molar-refractivity contribution >= 4 is 11.8 Å². The van der Waals surface area contributed by atoms with Gasteiger partial charge in [-0.2, -0.15) is 0 Å². The van der Waals surface area contributed by atoms with Crippen molar-refractivity contribution < 1.29 is 0 Å². The highest BCUT2D eigenvalue weighted by atomic mass is 32.2. The lowest BCUT2D eigenvalue weighted by molar-refractivity contribution is 0.313. The molecule has 2 aliphatic rings. The van der Waals surface area contributed by atoms with Crippen LogP contribution in [0.3, 0.4) is 0 Å². The minimum Gasteiger partial charge on any atom is -0.137 e. The van der Waals surface area contributed by atoms with E-state index < -0.39 is 0 Å². The van der Waals surface area contributed by atoms with Crippen molar-refractivity contribution in [3.8, 4) is 0 Å². The van der Waals surface area contributed by atoms with Gasteiger partial charge in [0.15, 0.2) is 0 Å². The molecule has 0 bridgehead atoms. The van der Waals surface area contributed by atoms with Gasteiger partial charge in [-0.3, -0.25) is 0 Å². The number of thioether (sulfide) groups is 1. The van der Waals surface area contributed by atoms with Crippen LogP contribution in [0.25, 0.3) is 0 Å². The molecule has 0 aromatic carbocycles. The molecule has 1 atom stereocenters. The minimum atomic E-state index is 0.712. The van der Waals surface area contributed by atoms with Crippen molar-refractivity contribution in [3.63, 3.8) is 0 Å². The summed E-state index contributed by atoms with van der Waals surface area (Å²) in [6.45, 7) is 2.26. The summed E-state index contributed by atoms with van der Waals surface area (Å²) in [6, 6.07) is 0. The second kappa shape index (κ2) is 5.77. The van der Waals surface area contributed by atoms with E-state index in [1.807, 2.05) is 11.8 Å². The number of allylic oxidation sites excluding steroid dienone is 5. The van der Waals surface area contributed by atoms with Gasteiger partial charge in [0.1, 0.15) is 0 Å². The second-order valence-electron chi connectivity index (χ2n) is 4.97. The Bertz CT molecular complexity index is 316. The molecule has 1 saturated carbocycles. The quantitative estimate of drug-likeness (QED) is 0.666. The molecule has 2 rings (SSSR count). The third-order valence-electron chi connectivity index (χ3n) is 3.86. The van der Waals surface area contributed by atoms with Gasteiger partial charge < -0.3 is 0 Å². The maximum atomic E-state index is 2.42. The highest BCUT2D eigenvalue weighted by Gasteiger charge is 2.26. The van der Waals surface area contributed by atoms with E-state index >= 15 is 0 Å². The van der Waals surface area contributed by atoms with E-state index in [9.17, 15) is 0 Å². The average molecular weight is 234 g/mol. The van der Waals surface area contributed by atoms with E-state index in [0.29, 0.717) is 5.92 Å². The maximum absolute atomic E-state index is 2.42. The minimum absolute atomic E-state index is 0.712. The Morgan fingerprint density at radius 1 is 1.31 bits per heavy atom. The van der Waals surface area contributed by atoms with Gasteiger partial charge in [-0.25, -0.2) is 0 Å². The first-order chi connectivity index (χ1) is 7.83. The average Bonchev–Trinajstić information content (AvgIpc) is 2.79. The Hall–Kier alpha value is -0.430. The predicted molar refractivity (Wildman–Crippen MR) is 74.6 cm³/mol. The number of hydrogen-bond donors (Lipinski definition) is 0. The van der Waals surface area contributed by atoms with Crippen LogP contribution in [0.1, 0.15) is 39.0 Å². The van der Waals surface area contributed by atoms with Crippen LogP contribution in [-0.4, -0.2) is 6.26 Å². The fourth-order valence-corrected chi connectivity index (χ4v) is 3.53. The number of hydrogen-bond acceptors (Lipinski definition) is 1. The van der Waals surface area contributed by atoms with E-state index in [2.05, 4.69) is 36.8 Å². The molecule has 16 heavy (non-hydrogen) atoms. The summed E-state index contributed by atoms with van der Waals surface area (Å²) in [5.41, 5.74) is 3.04. The van der Waals surface area contributed by atoms with Gasteiger partial charge in [0.2, 0.25) is 0 Å². The van der Waals surface area contributed by atoms with E-state index in [0.717, 1.165) is 5.92 Å². The van der Waals surface area contributed by atoms with Gasteiger partial charge in [0.25, 0.3) is 0 Å². The van der Waals surface area contributed by atoms with Crippen LogP contribution in [0.4, 0.5) is 0 Å². The highest BCUT2D eigenvalue weighted by molar-refractivity contribution is 8.01. The molecule has 2 aliphatic carbocycles. The molecule has 0 aromatic rings. The molecule has 0 aliphatic heterocycles. The van der Waals surface area contributed by atoms with Gasteiger partial charge in [-0.1, -0.05) is 37.5 Å². The van der Waals surface area contributed by atoms with Crippen molar-refractivity contribution in [2.24, 2.45) is 11.8 Å². The topological polar surface area (TPSA) is 0 Å². The summed E-state index contributed by atoms with van der Waals surface area (Å²) in [6.07, 6.45) is 16.3. The molecular weight excluding hydrogens is 212 g/mol. The van der Waals surface area contributed by atoms with E-state index in [-0.39, 0.29) is 0 Å². The third kappa shape index (κ3) is 2.63. The molecule has 0 spiro atoms. The van der Waals surface area contributed by atoms with Gasteiger partial charge >= 0.3 is 0 Å². The summed E-state index contributed by atoms with van der Waals surface area (Å²) in [5.74, 6) is 1.62. The lowest BCUT2D eigenvalue weighted by Gasteiger charge is -2.28. The largest absolute Gasteiger partial charge is 0.137 e. The van der Waals surface area contributed by atoms with Crippen molar-refractivity contribution in [2.75, 3.05) is 6.26 Å². The molecule has 0 amide bonds. The summed E-state index contributed by atoms with van der Waals surface area (Å²) >= 11 is 1.81. The van der Waals surface area contributed by atoms with Gasteiger partial charge in [0, 0.05) is 5.92 Å². The molecule has 0 aromatic heterocycles. The van der Waals surface area contributed by atoms with Gasteiger partial charge in [-0.05, 0) is 48.5 Å². The molecule has 0 radical (unpaired) electrons. The Kier molecular flexibility index (Phi) is 4.34. The Balaban J connectivity index is 2.06. The zero-order valence-corrected chi connectivity index (χ0v) is 11.2. The summed E-state index contributed by atoms with van der Waals surface area (Å²) in [4.78, 5) is 0. The first-order valence-electron chi connectivity index (χ1n) is 6.41. The molecule has 0 heterocycles. The van der Waals surface area contributed by atoms with E-state index in [4.69, 9.17) is 0 Å². The predicted octanol–water partition coefficient (Wildman–Crippen LogP) is 4.95. The fraction of sp³-hybridized carbons (Fsp3) is 0.600. The first kappa shape index (κ1) is 12.0.